The molecule has 17 nitrogen and oxygen atoms in total. The minimum atomic E-state index is -4.49. The van der Waals surface area contributed by atoms with Crippen molar-refractivity contribution in [3.8, 4) is 0 Å². The molecular formula is C52H66F6N2O15. The number of alkyl halides is 6. The van der Waals surface area contributed by atoms with Gasteiger partial charge in [0.15, 0.2) is 0 Å². The summed E-state index contributed by atoms with van der Waals surface area (Å²) in [4.78, 5) is 25.3. The van der Waals surface area contributed by atoms with Crippen molar-refractivity contribution in [1.82, 2.24) is 0 Å². The molecule has 0 heterocycles. The Morgan fingerprint density at radius 1 is 0.320 bits per heavy atom. The number of nitrogens with one attached hydrogen (secondary N) is 2. The van der Waals surface area contributed by atoms with Gasteiger partial charge in [-0.05, 0) is 60.7 Å². The molecule has 0 saturated carbocycles. The van der Waals surface area contributed by atoms with Gasteiger partial charge in [0.05, 0.1) is 179 Å². The Morgan fingerprint density at radius 2 is 0.560 bits per heavy atom. The molecule has 0 unspecified atom stereocenters. The average Bonchev–Trinajstić information content (AvgIpc) is 3.39. The van der Waals surface area contributed by atoms with E-state index in [1.807, 2.05) is 0 Å². The zero-order chi connectivity index (χ0) is 53.7. The zero-order valence-corrected chi connectivity index (χ0v) is 41.6. The quantitative estimate of drug-likeness (QED) is 0.0245. The van der Waals surface area contributed by atoms with E-state index in [9.17, 15) is 35.9 Å². The van der Waals surface area contributed by atoms with E-state index in [0.717, 1.165) is 24.3 Å². The van der Waals surface area contributed by atoms with Crippen molar-refractivity contribution in [2.24, 2.45) is 0 Å². The number of esters is 2. The number of anilines is 4. The topological polar surface area (TPSA) is 178 Å². The number of carbonyl (C=O) groups excluding carboxylic acids is 2. The number of hydrogen-bond donors (Lipinski definition) is 2. The Morgan fingerprint density at radius 3 is 0.813 bits per heavy atom. The summed E-state index contributed by atoms with van der Waals surface area (Å²) < 4.78 is 149. The van der Waals surface area contributed by atoms with E-state index >= 15 is 0 Å². The zero-order valence-electron chi connectivity index (χ0n) is 41.6. The van der Waals surface area contributed by atoms with Crippen molar-refractivity contribution in [3.05, 3.63) is 119 Å². The first-order valence-corrected chi connectivity index (χ1v) is 24.2. The van der Waals surface area contributed by atoms with Crippen LogP contribution in [0, 0.1) is 0 Å². The summed E-state index contributed by atoms with van der Waals surface area (Å²) >= 11 is 0. The Hall–Kier alpha value is -5.44. The monoisotopic (exact) mass is 1070 g/mol. The van der Waals surface area contributed by atoms with Crippen LogP contribution in [-0.2, 0) is 73.9 Å². The third kappa shape index (κ3) is 27.8. The van der Waals surface area contributed by atoms with Gasteiger partial charge in [0.1, 0.15) is 13.2 Å². The number of ether oxygens (including phenoxy) is 13. The first-order chi connectivity index (χ1) is 36.4. The standard InChI is InChI=1S/C52H66F6N2O15/c53-51(54,55)41-7-5-9-43(39-41)59-47-13-3-1-11-45(47)49(61)74-37-35-72-33-31-70-29-27-68-25-23-66-21-19-64-17-15-63-16-18-65-20-22-67-24-26-69-28-30-71-32-34-73-36-38-75-50(62)46-12-2-4-14-48(46)60-44-10-6-8-42(40-44)52(56,57)58/h1-14,39-40,59-60H,15-38H2. The molecule has 0 fully saturated rings. The lowest BCUT2D eigenvalue weighted by atomic mass is 10.1. The molecule has 0 saturated heterocycles. The van der Waals surface area contributed by atoms with Gasteiger partial charge < -0.3 is 72.2 Å². The van der Waals surface area contributed by atoms with Crippen LogP contribution in [0.3, 0.4) is 0 Å². The SMILES string of the molecule is O=C(OCCOCCOCCOCCOCCOCCOCCOCCOCCOCCOCCOCCOC(=O)c1ccccc1Nc1cccc(C(F)(F)F)c1)c1ccccc1Nc1cccc(C(F)(F)F)c1. The molecule has 416 valence electrons. The maximum absolute atomic E-state index is 13.1. The van der Waals surface area contributed by atoms with Crippen molar-refractivity contribution in [2.45, 2.75) is 12.4 Å². The highest BCUT2D eigenvalue weighted by atomic mass is 19.4. The lowest BCUT2D eigenvalue weighted by Crippen LogP contribution is -2.16. The summed E-state index contributed by atoms with van der Waals surface area (Å²) in [7, 11) is 0. The van der Waals surface area contributed by atoms with Gasteiger partial charge in [-0.3, -0.25) is 0 Å². The van der Waals surface area contributed by atoms with Crippen LogP contribution < -0.4 is 10.6 Å². The summed E-state index contributed by atoms with van der Waals surface area (Å²) in [6.45, 7) is 7.86. The van der Waals surface area contributed by atoms with E-state index in [0.29, 0.717) is 130 Å². The third-order valence-electron chi connectivity index (χ3n) is 9.87. The lowest BCUT2D eigenvalue weighted by Gasteiger charge is -2.13. The second kappa shape index (κ2) is 37.3. The number of carbonyl (C=O) groups is 2. The molecule has 0 radical (unpaired) electrons. The van der Waals surface area contributed by atoms with Crippen LogP contribution in [0.1, 0.15) is 31.8 Å². The van der Waals surface area contributed by atoms with Crippen LogP contribution in [0.25, 0.3) is 0 Å². The van der Waals surface area contributed by atoms with Crippen molar-refractivity contribution in [1.29, 1.82) is 0 Å². The van der Waals surface area contributed by atoms with E-state index < -0.39 is 35.4 Å². The fourth-order valence-corrected chi connectivity index (χ4v) is 6.24. The van der Waals surface area contributed by atoms with Crippen LogP contribution >= 0.6 is 0 Å². The number of benzene rings is 4. The molecule has 4 rings (SSSR count). The van der Waals surface area contributed by atoms with Gasteiger partial charge in [-0.1, -0.05) is 36.4 Å². The van der Waals surface area contributed by atoms with Crippen LogP contribution in [0.5, 0.6) is 0 Å². The summed E-state index contributed by atoms with van der Waals surface area (Å²) in [5.74, 6) is -1.29. The second-order valence-electron chi connectivity index (χ2n) is 15.5. The minimum absolute atomic E-state index is 0.0206. The lowest BCUT2D eigenvalue weighted by molar-refractivity contribution is -0.138. The number of rotatable bonds is 42. The third-order valence-corrected chi connectivity index (χ3v) is 9.87. The molecule has 0 aliphatic rings. The van der Waals surface area contributed by atoms with Crippen LogP contribution in [0.4, 0.5) is 49.1 Å². The number of hydrogen-bond acceptors (Lipinski definition) is 17. The highest BCUT2D eigenvalue weighted by molar-refractivity contribution is 5.97. The highest BCUT2D eigenvalue weighted by Gasteiger charge is 2.31. The van der Waals surface area contributed by atoms with Gasteiger partial charge in [0.25, 0.3) is 0 Å². The molecule has 0 atom stereocenters. The normalized spacial score (nSPS) is 11.7. The van der Waals surface area contributed by atoms with E-state index in [1.54, 1.807) is 36.4 Å². The Kier molecular flexibility index (Phi) is 30.9. The number of para-hydroxylation sites is 2. The van der Waals surface area contributed by atoms with Crippen LogP contribution in [0.2, 0.25) is 0 Å². The Bertz CT molecular complexity index is 2020. The largest absolute Gasteiger partial charge is 0.460 e. The molecule has 23 heteroatoms. The summed E-state index contributed by atoms with van der Waals surface area (Å²) in [6, 6.07) is 22.1. The maximum atomic E-state index is 13.1. The molecule has 0 spiro atoms. The molecule has 0 aliphatic carbocycles. The van der Waals surface area contributed by atoms with Gasteiger partial charge >= 0.3 is 24.3 Å². The molecule has 2 N–H and O–H groups in total. The van der Waals surface area contributed by atoms with Crippen molar-refractivity contribution in [3.63, 3.8) is 0 Å². The Labute approximate surface area is 432 Å². The van der Waals surface area contributed by atoms with E-state index in [1.165, 1.54) is 36.4 Å². The summed E-state index contributed by atoms with van der Waals surface area (Å²) in [5.41, 5.74) is -0.287. The van der Waals surface area contributed by atoms with E-state index in [2.05, 4.69) is 10.6 Å². The van der Waals surface area contributed by atoms with Crippen molar-refractivity contribution in [2.75, 3.05) is 169 Å². The molecule has 0 aromatic heterocycles. The Balaban J connectivity index is 0.808. The molecule has 0 bridgehead atoms. The molecule has 4 aromatic rings. The predicted octanol–water partition coefficient (Wildman–Crippen LogP) is 8.41. The predicted molar refractivity (Wildman–Crippen MR) is 262 cm³/mol. The second-order valence-corrected chi connectivity index (χ2v) is 15.5. The fourth-order valence-electron chi connectivity index (χ4n) is 6.24. The van der Waals surface area contributed by atoms with E-state index in [4.69, 9.17) is 61.6 Å². The highest BCUT2D eigenvalue weighted by Crippen LogP contribution is 2.33. The van der Waals surface area contributed by atoms with Gasteiger partial charge in [-0.15, -0.1) is 0 Å². The van der Waals surface area contributed by atoms with Crippen LogP contribution in [0.15, 0.2) is 97.1 Å². The smallest absolute Gasteiger partial charge is 0.416 e. The molecule has 0 amide bonds. The van der Waals surface area contributed by atoms with Gasteiger partial charge in [-0.25, -0.2) is 9.59 Å². The molecule has 4 aromatic carbocycles. The fraction of sp³-hybridized carbons (Fsp3) is 0.500. The first-order valence-electron chi connectivity index (χ1n) is 24.2. The number of halogens is 6. The molecule has 0 aliphatic heterocycles. The first kappa shape index (κ1) is 62.1. The average molecular weight is 1070 g/mol. The molecular weight excluding hydrogens is 1010 g/mol. The van der Waals surface area contributed by atoms with Crippen molar-refractivity contribution < 1.29 is 97.5 Å². The van der Waals surface area contributed by atoms with Crippen molar-refractivity contribution >= 4 is 34.7 Å². The van der Waals surface area contributed by atoms with Gasteiger partial charge in [0.2, 0.25) is 0 Å². The minimum Gasteiger partial charge on any atom is -0.460 e. The summed E-state index contributed by atoms with van der Waals surface area (Å²) in [5, 5.41) is 5.71. The van der Waals surface area contributed by atoms with E-state index in [-0.39, 0.29) is 62.1 Å². The maximum Gasteiger partial charge on any atom is 0.416 e. The molecule has 75 heavy (non-hydrogen) atoms. The van der Waals surface area contributed by atoms with Gasteiger partial charge in [0, 0.05) is 11.4 Å². The summed E-state index contributed by atoms with van der Waals surface area (Å²) in [6.07, 6.45) is -8.98. The van der Waals surface area contributed by atoms with Crippen LogP contribution in [-0.4, -0.2) is 171 Å². The van der Waals surface area contributed by atoms with Gasteiger partial charge in [-0.2, -0.15) is 26.3 Å².